The first-order valence-electron chi connectivity index (χ1n) is 7.73. The summed E-state index contributed by atoms with van der Waals surface area (Å²) in [5, 5.41) is 14.9. The molecule has 1 unspecified atom stereocenters. The second kappa shape index (κ2) is 6.23. The second-order valence-electron chi connectivity index (χ2n) is 5.68. The lowest BCUT2D eigenvalue weighted by Crippen LogP contribution is -2.41. The van der Waals surface area contributed by atoms with E-state index in [-0.39, 0.29) is 12.5 Å². The molecule has 0 aliphatic heterocycles. The standard InChI is InChI=1S/C19H15NO4S/c21-18(16-10-13-4-1-2-5-15(13)25-16)20-12-19(22,14-7-9-23-11-14)17-6-3-8-24-17/h1-11,22H,12H2,(H,20,21). The largest absolute Gasteiger partial charge is 0.472 e. The molecular weight excluding hydrogens is 338 g/mol. The number of furan rings is 2. The molecule has 25 heavy (non-hydrogen) atoms. The van der Waals surface area contributed by atoms with Gasteiger partial charge in [-0.05, 0) is 35.7 Å². The molecule has 0 fully saturated rings. The number of amides is 1. The average Bonchev–Trinajstić information content (AvgIpc) is 3.40. The summed E-state index contributed by atoms with van der Waals surface area (Å²) in [6.07, 6.45) is 4.39. The molecule has 1 aromatic carbocycles. The van der Waals surface area contributed by atoms with Crippen molar-refractivity contribution in [1.29, 1.82) is 0 Å². The Balaban J connectivity index is 1.58. The number of fused-ring (bicyclic) bond motifs is 1. The number of thiophene rings is 1. The van der Waals surface area contributed by atoms with Gasteiger partial charge in [0.25, 0.3) is 5.91 Å². The van der Waals surface area contributed by atoms with Crippen LogP contribution in [-0.4, -0.2) is 17.6 Å². The number of aliphatic hydroxyl groups is 1. The van der Waals surface area contributed by atoms with E-state index in [9.17, 15) is 9.90 Å². The highest BCUT2D eigenvalue weighted by Gasteiger charge is 2.36. The average molecular weight is 353 g/mol. The van der Waals surface area contributed by atoms with Crippen molar-refractivity contribution in [2.45, 2.75) is 5.60 Å². The van der Waals surface area contributed by atoms with Crippen molar-refractivity contribution in [3.8, 4) is 0 Å². The van der Waals surface area contributed by atoms with Crippen molar-refractivity contribution >= 4 is 27.3 Å². The molecule has 4 aromatic rings. The quantitative estimate of drug-likeness (QED) is 0.573. The summed E-state index contributed by atoms with van der Waals surface area (Å²) < 4.78 is 11.5. The number of benzene rings is 1. The van der Waals surface area contributed by atoms with Gasteiger partial charge in [-0.15, -0.1) is 11.3 Å². The van der Waals surface area contributed by atoms with Gasteiger partial charge in [-0.1, -0.05) is 18.2 Å². The molecule has 0 bridgehead atoms. The highest BCUT2D eigenvalue weighted by molar-refractivity contribution is 7.20. The van der Waals surface area contributed by atoms with Crippen LogP contribution in [0.4, 0.5) is 0 Å². The van der Waals surface area contributed by atoms with Gasteiger partial charge in [-0.3, -0.25) is 4.79 Å². The predicted octanol–water partition coefficient (Wildman–Crippen LogP) is 3.75. The Kier molecular flexibility index (Phi) is 3.91. The number of carbonyl (C=O) groups excluding carboxylic acids is 1. The summed E-state index contributed by atoms with van der Waals surface area (Å²) >= 11 is 1.42. The van der Waals surface area contributed by atoms with Crippen LogP contribution in [0.15, 0.2) is 76.2 Å². The van der Waals surface area contributed by atoms with Gasteiger partial charge in [0, 0.05) is 10.3 Å². The SMILES string of the molecule is O=C(NCC(O)(c1ccoc1)c1ccco1)c1cc2ccccc2s1. The van der Waals surface area contributed by atoms with E-state index in [4.69, 9.17) is 8.83 Å². The summed E-state index contributed by atoms with van der Waals surface area (Å²) in [5.41, 5.74) is -0.984. The first kappa shape index (κ1) is 15.7. The lowest BCUT2D eigenvalue weighted by molar-refractivity contribution is 0.0521. The number of carbonyl (C=O) groups is 1. The maximum absolute atomic E-state index is 12.5. The lowest BCUT2D eigenvalue weighted by atomic mass is 9.93. The van der Waals surface area contributed by atoms with Crippen LogP contribution in [-0.2, 0) is 5.60 Å². The van der Waals surface area contributed by atoms with E-state index in [1.807, 2.05) is 30.3 Å². The number of rotatable bonds is 5. The Labute approximate surface area is 147 Å². The van der Waals surface area contributed by atoms with Gasteiger partial charge in [0.2, 0.25) is 0 Å². The normalized spacial score (nSPS) is 13.6. The molecule has 0 saturated heterocycles. The highest BCUT2D eigenvalue weighted by Crippen LogP contribution is 2.30. The van der Waals surface area contributed by atoms with Gasteiger partial charge in [0.1, 0.15) is 5.76 Å². The van der Waals surface area contributed by atoms with Crippen LogP contribution < -0.4 is 5.32 Å². The molecule has 6 heteroatoms. The fraction of sp³-hybridized carbons (Fsp3) is 0.105. The third kappa shape index (κ3) is 2.86. The van der Waals surface area contributed by atoms with E-state index in [0.717, 1.165) is 10.1 Å². The molecule has 3 aromatic heterocycles. The maximum Gasteiger partial charge on any atom is 0.261 e. The summed E-state index contributed by atoms with van der Waals surface area (Å²) in [5.74, 6) is 0.0974. The van der Waals surface area contributed by atoms with E-state index in [1.165, 1.54) is 30.1 Å². The molecule has 1 atom stereocenters. The van der Waals surface area contributed by atoms with Crippen molar-refractivity contribution < 1.29 is 18.7 Å². The highest BCUT2D eigenvalue weighted by atomic mass is 32.1. The van der Waals surface area contributed by atoms with Gasteiger partial charge < -0.3 is 19.3 Å². The van der Waals surface area contributed by atoms with Crippen LogP contribution in [0.25, 0.3) is 10.1 Å². The van der Waals surface area contributed by atoms with Gasteiger partial charge >= 0.3 is 0 Å². The van der Waals surface area contributed by atoms with Gasteiger partial charge in [-0.2, -0.15) is 0 Å². The molecule has 0 aliphatic rings. The predicted molar refractivity (Wildman–Crippen MR) is 94.6 cm³/mol. The van der Waals surface area contributed by atoms with E-state index < -0.39 is 5.60 Å². The summed E-state index contributed by atoms with van der Waals surface area (Å²) in [6.45, 7) is -0.0346. The zero-order chi connectivity index (χ0) is 17.3. The molecule has 4 rings (SSSR count). The number of nitrogens with one attached hydrogen (secondary N) is 1. The van der Waals surface area contributed by atoms with Crippen molar-refractivity contribution in [1.82, 2.24) is 5.32 Å². The van der Waals surface area contributed by atoms with Gasteiger partial charge in [0.15, 0.2) is 5.60 Å². The lowest BCUT2D eigenvalue weighted by Gasteiger charge is -2.25. The topological polar surface area (TPSA) is 75.6 Å². The Morgan fingerprint density at radius 2 is 2.04 bits per heavy atom. The van der Waals surface area contributed by atoms with Crippen LogP contribution in [0, 0.1) is 0 Å². The second-order valence-corrected chi connectivity index (χ2v) is 6.76. The summed E-state index contributed by atoms with van der Waals surface area (Å²) in [6, 6.07) is 14.7. The molecule has 0 radical (unpaired) electrons. The smallest absolute Gasteiger partial charge is 0.261 e. The monoisotopic (exact) mass is 353 g/mol. The van der Waals surface area contributed by atoms with Crippen LogP contribution in [0.3, 0.4) is 0 Å². The summed E-state index contributed by atoms with van der Waals surface area (Å²) in [7, 11) is 0. The van der Waals surface area contributed by atoms with Crippen molar-refractivity contribution in [2.75, 3.05) is 6.54 Å². The number of hydrogen-bond donors (Lipinski definition) is 2. The maximum atomic E-state index is 12.5. The summed E-state index contributed by atoms with van der Waals surface area (Å²) in [4.78, 5) is 13.1. The fourth-order valence-corrected chi connectivity index (χ4v) is 3.71. The zero-order valence-electron chi connectivity index (χ0n) is 13.1. The first-order valence-corrected chi connectivity index (χ1v) is 8.54. The third-order valence-corrected chi connectivity index (χ3v) is 5.20. The zero-order valence-corrected chi connectivity index (χ0v) is 14.0. The van der Waals surface area contributed by atoms with Crippen LogP contribution in [0.5, 0.6) is 0 Å². The van der Waals surface area contributed by atoms with Crippen LogP contribution >= 0.6 is 11.3 Å². The van der Waals surface area contributed by atoms with Crippen LogP contribution in [0.1, 0.15) is 21.0 Å². The van der Waals surface area contributed by atoms with E-state index in [0.29, 0.717) is 16.2 Å². The molecule has 5 nitrogen and oxygen atoms in total. The Bertz CT molecular complexity index is 918. The molecular formula is C19H15NO4S. The molecule has 0 saturated carbocycles. The third-order valence-electron chi connectivity index (χ3n) is 4.08. The van der Waals surface area contributed by atoms with Crippen LogP contribution in [0.2, 0.25) is 0 Å². The Morgan fingerprint density at radius 3 is 2.76 bits per heavy atom. The molecule has 2 N–H and O–H groups in total. The molecule has 126 valence electrons. The van der Waals surface area contributed by atoms with Gasteiger partial charge in [-0.25, -0.2) is 0 Å². The van der Waals surface area contributed by atoms with E-state index >= 15 is 0 Å². The van der Waals surface area contributed by atoms with E-state index in [1.54, 1.807) is 18.2 Å². The van der Waals surface area contributed by atoms with Crippen molar-refractivity contribution in [3.63, 3.8) is 0 Å². The van der Waals surface area contributed by atoms with Crippen molar-refractivity contribution in [2.24, 2.45) is 0 Å². The molecule has 3 heterocycles. The fourth-order valence-electron chi connectivity index (χ4n) is 2.73. The Hall–Kier alpha value is -2.83. The minimum atomic E-state index is -1.50. The van der Waals surface area contributed by atoms with Crippen molar-refractivity contribution in [3.05, 3.63) is 83.5 Å². The van der Waals surface area contributed by atoms with Gasteiger partial charge in [0.05, 0.1) is 30.2 Å². The minimum Gasteiger partial charge on any atom is -0.472 e. The molecule has 1 amide bonds. The number of hydrogen-bond acceptors (Lipinski definition) is 5. The minimum absolute atomic E-state index is 0.0346. The molecule has 0 spiro atoms. The van der Waals surface area contributed by atoms with E-state index in [2.05, 4.69) is 5.32 Å². The Morgan fingerprint density at radius 1 is 1.16 bits per heavy atom. The molecule has 0 aliphatic carbocycles. The first-order chi connectivity index (χ1) is 12.2.